The first-order valence-electron chi connectivity index (χ1n) is 11.0. The Morgan fingerprint density at radius 1 is 0.676 bits per heavy atom. The molecule has 2 aromatic carbocycles. The SMILES string of the molecule is COc1cc(/C=C2\CC[C@@H](C)/C(=C\c3cc(OC)c(OC)c(OC)c3)C2=O)cc(OC)c1OC. The molecule has 1 aliphatic rings. The molecule has 0 radical (unpaired) electrons. The van der Waals surface area contributed by atoms with Crippen LogP contribution < -0.4 is 28.4 Å². The van der Waals surface area contributed by atoms with Gasteiger partial charge in [-0.2, -0.15) is 0 Å². The first kappa shape index (κ1) is 25.0. The molecule has 0 aliphatic heterocycles. The number of methoxy groups -OCH3 is 6. The Morgan fingerprint density at radius 3 is 1.47 bits per heavy atom. The van der Waals surface area contributed by atoms with Gasteiger partial charge in [0.25, 0.3) is 0 Å². The molecular weight excluding hydrogens is 436 g/mol. The number of rotatable bonds is 8. The first-order valence-corrected chi connectivity index (χ1v) is 11.0. The minimum absolute atomic E-state index is 0.0150. The number of carbonyl (C=O) groups excluding carboxylic acids is 1. The summed E-state index contributed by atoms with van der Waals surface area (Å²) in [7, 11) is 9.40. The molecular formula is C27H32O7. The van der Waals surface area contributed by atoms with Gasteiger partial charge in [0, 0.05) is 11.1 Å². The van der Waals surface area contributed by atoms with Crippen LogP contribution >= 0.6 is 0 Å². The van der Waals surface area contributed by atoms with Crippen molar-refractivity contribution in [1.29, 1.82) is 0 Å². The summed E-state index contributed by atoms with van der Waals surface area (Å²) in [6.45, 7) is 2.07. The van der Waals surface area contributed by atoms with E-state index in [0.29, 0.717) is 40.9 Å². The van der Waals surface area contributed by atoms with Crippen LogP contribution in [0.15, 0.2) is 35.4 Å². The third kappa shape index (κ3) is 4.98. The van der Waals surface area contributed by atoms with Crippen molar-refractivity contribution in [3.63, 3.8) is 0 Å². The van der Waals surface area contributed by atoms with Crippen molar-refractivity contribution in [2.45, 2.75) is 19.8 Å². The lowest BCUT2D eigenvalue weighted by molar-refractivity contribution is -0.113. The van der Waals surface area contributed by atoms with Gasteiger partial charge in [0.1, 0.15) is 0 Å². The maximum Gasteiger partial charge on any atom is 0.203 e. The van der Waals surface area contributed by atoms with Gasteiger partial charge in [0.2, 0.25) is 11.5 Å². The molecule has 0 amide bonds. The van der Waals surface area contributed by atoms with E-state index in [1.54, 1.807) is 42.7 Å². The quantitative estimate of drug-likeness (QED) is 0.493. The smallest absolute Gasteiger partial charge is 0.203 e. The molecule has 1 atom stereocenters. The molecule has 1 saturated carbocycles. The van der Waals surface area contributed by atoms with Crippen LogP contribution in [-0.4, -0.2) is 48.4 Å². The number of benzene rings is 2. The largest absolute Gasteiger partial charge is 0.493 e. The highest BCUT2D eigenvalue weighted by molar-refractivity contribution is 6.14. The fourth-order valence-corrected chi connectivity index (χ4v) is 4.15. The van der Waals surface area contributed by atoms with E-state index in [1.165, 1.54) is 0 Å². The van der Waals surface area contributed by atoms with Crippen LogP contribution in [0.25, 0.3) is 12.2 Å². The molecule has 0 bridgehead atoms. The third-order valence-corrected chi connectivity index (χ3v) is 5.97. The highest BCUT2D eigenvalue weighted by Crippen LogP contribution is 2.41. The van der Waals surface area contributed by atoms with Crippen LogP contribution in [0.4, 0.5) is 0 Å². The second-order valence-corrected chi connectivity index (χ2v) is 7.96. The molecule has 0 aromatic heterocycles. The number of ketones is 1. The van der Waals surface area contributed by atoms with Gasteiger partial charge >= 0.3 is 0 Å². The van der Waals surface area contributed by atoms with Crippen molar-refractivity contribution >= 4 is 17.9 Å². The number of hydrogen-bond acceptors (Lipinski definition) is 7. The van der Waals surface area contributed by atoms with Crippen molar-refractivity contribution in [3.8, 4) is 34.5 Å². The van der Waals surface area contributed by atoms with Crippen molar-refractivity contribution in [2.75, 3.05) is 42.7 Å². The van der Waals surface area contributed by atoms with Gasteiger partial charge in [-0.25, -0.2) is 0 Å². The molecule has 2 aromatic rings. The lowest BCUT2D eigenvalue weighted by atomic mass is 9.80. The van der Waals surface area contributed by atoms with Gasteiger partial charge in [0.15, 0.2) is 28.8 Å². The van der Waals surface area contributed by atoms with Gasteiger partial charge in [0.05, 0.1) is 42.7 Å². The number of ether oxygens (including phenoxy) is 6. The van der Waals surface area contributed by atoms with E-state index in [9.17, 15) is 4.79 Å². The van der Waals surface area contributed by atoms with Crippen LogP contribution in [0.3, 0.4) is 0 Å². The normalized spacial score (nSPS) is 18.1. The minimum atomic E-state index is 0.0150. The van der Waals surface area contributed by atoms with E-state index < -0.39 is 0 Å². The summed E-state index contributed by atoms with van der Waals surface area (Å²) in [5.74, 6) is 3.31. The molecule has 182 valence electrons. The van der Waals surface area contributed by atoms with Gasteiger partial charge in [-0.3, -0.25) is 4.79 Å². The average Bonchev–Trinajstić information content (AvgIpc) is 2.86. The van der Waals surface area contributed by atoms with Gasteiger partial charge in [-0.1, -0.05) is 6.92 Å². The topological polar surface area (TPSA) is 72.5 Å². The van der Waals surface area contributed by atoms with E-state index in [0.717, 1.165) is 28.7 Å². The number of Topliss-reactive ketones (excluding diaryl/α,β-unsaturated/α-hetero) is 1. The minimum Gasteiger partial charge on any atom is -0.493 e. The van der Waals surface area contributed by atoms with E-state index in [1.807, 2.05) is 36.4 Å². The number of allylic oxidation sites excluding steroid dienone is 2. The molecule has 3 rings (SSSR count). The summed E-state index contributed by atoms with van der Waals surface area (Å²) in [6, 6.07) is 7.35. The van der Waals surface area contributed by atoms with Crippen LogP contribution in [0.5, 0.6) is 34.5 Å². The Bertz CT molecular complexity index is 1060. The van der Waals surface area contributed by atoms with Crippen molar-refractivity contribution in [3.05, 3.63) is 46.5 Å². The van der Waals surface area contributed by atoms with Crippen molar-refractivity contribution < 1.29 is 33.2 Å². The van der Waals surface area contributed by atoms with Crippen molar-refractivity contribution in [2.24, 2.45) is 5.92 Å². The Morgan fingerprint density at radius 2 is 1.09 bits per heavy atom. The Hall–Kier alpha value is -3.61. The van der Waals surface area contributed by atoms with E-state index in [-0.39, 0.29) is 11.7 Å². The first-order chi connectivity index (χ1) is 16.4. The molecule has 0 N–H and O–H groups in total. The van der Waals surface area contributed by atoms with E-state index in [4.69, 9.17) is 28.4 Å². The zero-order valence-electron chi connectivity index (χ0n) is 20.8. The van der Waals surface area contributed by atoms with Crippen LogP contribution in [0.2, 0.25) is 0 Å². The maximum absolute atomic E-state index is 13.5. The highest BCUT2D eigenvalue weighted by atomic mass is 16.5. The summed E-state index contributed by atoms with van der Waals surface area (Å²) in [4.78, 5) is 13.5. The predicted molar refractivity (Wildman–Crippen MR) is 132 cm³/mol. The Labute approximate surface area is 200 Å². The summed E-state index contributed by atoms with van der Waals surface area (Å²) in [6.07, 6.45) is 5.34. The second kappa shape index (κ2) is 11.0. The summed E-state index contributed by atoms with van der Waals surface area (Å²) < 4.78 is 32.6. The van der Waals surface area contributed by atoms with Crippen molar-refractivity contribution in [1.82, 2.24) is 0 Å². The molecule has 7 nitrogen and oxygen atoms in total. The number of carbonyl (C=O) groups is 1. The van der Waals surface area contributed by atoms with Crippen LogP contribution in [0, 0.1) is 5.92 Å². The lowest BCUT2D eigenvalue weighted by Gasteiger charge is -2.23. The van der Waals surface area contributed by atoms with Gasteiger partial charge in [-0.05, 0) is 66.3 Å². The van der Waals surface area contributed by atoms with Crippen LogP contribution in [-0.2, 0) is 4.79 Å². The Kier molecular flexibility index (Phi) is 8.10. The van der Waals surface area contributed by atoms with Gasteiger partial charge in [-0.15, -0.1) is 0 Å². The molecule has 0 saturated heterocycles. The zero-order valence-corrected chi connectivity index (χ0v) is 20.8. The average molecular weight is 469 g/mol. The monoisotopic (exact) mass is 468 g/mol. The fourth-order valence-electron chi connectivity index (χ4n) is 4.15. The molecule has 34 heavy (non-hydrogen) atoms. The summed E-state index contributed by atoms with van der Waals surface area (Å²) in [5, 5.41) is 0. The predicted octanol–water partition coefficient (Wildman–Crippen LogP) is 5.20. The Balaban J connectivity index is 2.03. The third-order valence-electron chi connectivity index (χ3n) is 5.97. The van der Waals surface area contributed by atoms with E-state index in [2.05, 4.69) is 6.92 Å². The molecule has 0 unspecified atom stereocenters. The highest BCUT2D eigenvalue weighted by Gasteiger charge is 2.27. The standard InChI is InChI=1S/C27H32O7/c1-16-8-9-19(10-17-12-21(29-2)26(33-6)22(13-17)30-3)25(28)20(16)11-18-14-23(31-4)27(34-7)24(15-18)32-5/h10-16H,8-9H2,1-7H3/b19-10+,20-11+/t16-/m1/s1. The summed E-state index contributed by atoms with van der Waals surface area (Å²) in [5.41, 5.74) is 3.07. The van der Waals surface area contributed by atoms with Gasteiger partial charge < -0.3 is 28.4 Å². The molecule has 0 heterocycles. The molecule has 1 aliphatic carbocycles. The molecule has 1 fully saturated rings. The lowest BCUT2D eigenvalue weighted by Crippen LogP contribution is -2.19. The zero-order chi connectivity index (χ0) is 24.8. The molecule has 0 spiro atoms. The second-order valence-electron chi connectivity index (χ2n) is 7.96. The number of hydrogen-bond donors (Lipinski definition) is 0. The maximum atomic E-state index is 13.5. The molecule has 7 heteroatoms. The fraction of sp³-hybridized carbons (Fsp3) is 0.370. The van der Waals surface area contributed by atoms with Crippen LogP contribution in [0.1, 0.15) is 30.9 Å². The summed E-state index contributed by atoms with van der Waals surface area (Å²) >= 11 is 0. The van der Waals surface area contributed by atoms with E-state index >= 15 is 0 Å².